The van der Waals surface area contributed by atoms with E-state index < -0.39 is 0 Å². The first-order valence-corrected chi connectivity index (χ1v) is 5.78. The first-order chi connectivity index (χ1) is 7.72. The summed E-state index contributed by atoms with van der Waals surface area (Å²) in [6.07, 6.45) is 4.34. The van der Waals surface area contributed by atoms with Crippen molar-refractivity contribution < 1.29 is 4.74 Å². The van der Waals surface area contributed by atoms with E-state index in [1.54, 1.807) is 0 Å². The van der Waals surface area contributed by atoms with Gasteiger partial charge in [0.2, 0.25) is 5.88 Å². The van der Waals surface area contributed by atoms with Gasteiger partial charge in [0.15, 0.2) is 5.82 Å². The highest BCUT2D eigenvalue weighted by Gasteiger charge is 2.28. The lowest BCUT2D eigenvalue weighted by atomic mass is 10.3. The zero-order valence-electron chi connectivity index (χ0n) is 9.57. The summed E-state index contributed by atoms with van der Waals surface area (Å²) >= 11 is 0. The molecule has 1 heterocycles. The van der Waals surface area contributed by atoms with Gasteiger partial charge in [0.1, 0.15) is 11.5 Å². The minimum Gasteiger partial charge on any atom is -0.476 e. The van der Waals surface area contributed by atoms with Gasteiger partial charge in [0.05, 0.1) is 6.61 Å². The Kier molecular flexibility index (Phi) is 3.12. The monoisotopic (exact) mass is 222 g/mol. The molecule has 16 heavy (non-hydrogen) atoms. The largest absolute Gasteiger partial charge is 0.476 e. The first-order valence-electron chi connectivity index (χ1n) is 5.78. The third kappa shape index (κ3) is 2.35. The van der Waals surface area contributed by atoms with Crippen molar-refractivity contribution in [3.8, 4) is 5.88 Å². The summed E-state index contributed by atoms with van der Waals surface area (Å²) in [6.45, 7) is 2.73. The van der Waals surface area contributed by atoms with E-state index in [1.807, 2.05) is 0 Å². The Balaban J connectivity index is 2.14. The fourth-order valence-corrected chi connectivity index (χ4v) is 1.43. The van der Waals surface area contributed by atoms with Crippen molar-refractivity contribution in [3.63, 3.8) is 0 Å². The van der Waals surface area contributed by atoms with Crippen molar-refractivity contribution in [1.82, 2.24) is 9.97 Å². The van der Waals surface area contributed by atoms with Gasteiger partial charge in [-0.15, -0.1) is 0 Å². The predicted octanol–water partition coefficient (Wildman–Crippen LogP) is 1.70. The zero-order chi connectivity index (χ0) is 11.5. The van der Waals surface area contributed by atoms with Crippen molar-refractivity contribution in [2.75, 3.05) is 18.1 Å². The number of ether oxygens (including phenoxy) is 1. The number of unbranched alkanes of at least 4 members (excludes halogenated alkanes) is 1. The maximum Gasteiger partial charge on any atom is 0.242 e. The van der Waals surface area contributed by atoms with Crippen LogP contribution in [-0.2, 0) is 0 Å². The molecule has 0 atom stereocenters. The Morgan fingerprint density at radius 1 is 1.31 bits per heavy atom. The fourth-order valence-electron chi connectivity index (χ4n) is 1.43. The van der Waals surface area contributed by atoms with Gasteiger partial charge < -0.3 is 16.2 Å². The highest BCUT2D eigenvalue weighted by Crippen LogP contribution is 2.40. The van der Waals surface area contributed by atoms with Crippen molar-refractivity contribution in [1.29, 1.82) is 0 Å². The van der Waals surface area contributed by atoms with Crippen LogP contribution in [0.3, 0.4) is 0 Å². The average Bonchev–Trinajstić information content (AvgIpc) is 3.08. The van der Waals surface area contributed by atoms with Gasteiger partial charge in [-0.05, 0) is 19.3 Å². The molecule has 1 aromatic heterocycles. The molecule has 88 valence electrons. The Hall–Kier alpha value is -1.52. The SMILES string of the molecule is CCCCOc1nc(C2CC2)nc(N)c1N. The topological polar surface area (TPSA) is 87.0 Å². The molecule has 0 bridgehead atoms. The van der Waals surface area contributed by atoms with Crippen molar-refractivity contribution in [2.24, 2.45) is 0 Å². The van der Waals surface area contributed by atoms with E-state index in [9.17, 15) is 0 Å². The average molecular weight is 222 g/mol. The van der Waals surface area contributed by atoms with Crippen LogP contribution in [0.15, 0.2) is 0 Å². The van der Waals surface area contributed by atoms with E-state index in [4.69, 9.17) is 16.2 Å². The van der Waals surface area contributed by atoms with Crippen LogP contribution in [0.4, 0.5) is 11.5 Å². The highest BCUT2D eigenvalue weighted by molar-refractivity contribution is 5.64. The molecule has 0 unspecified atom stereocenters. The smallest absolute Gasteiger partial charge is 0.242 e. The van der Waals surface area contributed by atoms with Gasteiger partial charge >= 0.3 is 0 Å². The van der Waals surface area contributed by atoms with Crippen LogP contribution in [-0.4, -0.2) is 16.6 Å². The van der Waals surface area contributed by atoms with Crippen molar-refractivity contribution in [3.05, 3.63) is 5.82 Å². The molecular weight excluding hydrogens is 204 g/mol. The Morgan fingerprint density at radius 2 is 2.06 bits per heavy atom. The molecule has 0 amide bonds. The number of nitrogen functional groups attached to an aromatic ring is 2. The normalized spacial score (nSPS) is 15.1. The third-order valence-corrected chi connectivity index (χ3v) is 2.64. The van der Waals surface area contributed by atoms with Crippen LogP contribution in [0.25, 0.3) is 0 Å². The number of rotatable bonds is 5. The number of hydrogen-bond acceptors (Lipinski definition) is 5. The van der Waals surface area contributed by atoms with E-state index >= 15 is 0 Å². The second-order valence-electron chi connectivity index (χ2n) is 4.16. The molecule has 1 aliphatic rings. The first kappa shape index (κ1) is 11.0. The van der Waals surface area contributed by atoms with Crippen LogP contribution in [0, 0.1) is 0 Å². The molecule has 5 nitrogen and oxygen atoms in total. The van der Waals surface area contributed by atoms with Crippen molar-refractivity contribution >= 4 is 11.5 Å². The lowest BCUT2D eigenvalue weighted by Gasteiger charge is -2.10. The van der Waals surface area contributed by atoms with Gasteiger partial charge in [0.25, 0.3) is 0 Å². The molecule has 1 fully saturated rings. The Morgan fingerprint density at radius 3 is 2.69 bits per heavy atom. The standard InChI is InChI=1S/C11H18N4O/c1-2-3-6-16-11-8(12)9(13)14-10(15-11)7-4-5-7/h7H,2-6,12H2,1H3,(H2,13,14,15). The van der Waals surface area contributed by atoms with Crippen LogP contribution in [0.2, 0.25) is 0 Å². The maximum atomic E-state index is 5.78. The molecular formula is C11H18N4O. The van der Waals surface area contributed by atoms with E-state index in [2.05, 4.69) is 16.9 Å². The lowest BCUT2D eigenvalue weighted by molar-refractivity contribution is 0.298. The molecule has 1 saturated carbocycles. The van der Waals surface area contributed by atoms with Crippen molar-refractivity contribution in [2.45, 2.75) is 38.5 Å². The van der Waals surface area contributed by atoms with E-state index in [-0.39, 0.29) is 0 Å². The van der Waals surface area contributed by atoms with Crippen LogP contribution >= 0.6 is 0 Å². The second kappa shape index (κ2) is 4.55. The molecule has 0 aromatic carbocycles. The summed E-state index contributed by atoms with van der Waals surface area (Å²) in [7, 11) is 0. The molecule has 0 spiro atoms. The minimum atomic E-state index is 0.336. The zero-order valence-corrected chi connectivity index (χ0v) is 9.57. The van der Waals surface area contributed by atoms with Gasteiger partial charge in [-0.2, -0.15) is 4.98 Å². The maximum absolute atomic E-state index is 5.78. The highest BCUT2D eigenvalue weighted by atomic mass is 16.5. The van der Waals surface area contributed by atoms with Gasteiger partial charge in [-0.1, -0.05) is 13.3 Å². The molecule has 4 N–H and O–H groups in total. The Labute approximate surface area is 95.2 Å². The Bertz CT molecular complexity index is 376. The molecule has 0 aliphatic heterocycles. The van der Waals surface area contributed by atoms with Crippen LogP contribution in [0.1, 0.15) is 44.3 Å². The molecule has 0 saturated heterocycles. The summed E-state index contributed by atoms with van der Waals surface area (Å²) in [6, 6.07) is 0. The fraction of sp³-hybridized carbons (Fsp3) is 0.636. The quantitative estimate of drug-likeness (QED) is 0.740. The molecule has 5 heteroatoms. The third-order valence-electron chi connectivity index (χ3n) is 2.64. The number of nitrogens with two attached hydrogens (primary N) is 2. The summed E-state index contributed by atoms with van der Waals surface area (Å²) in [5.41, 5.74) is 11.9. The van der Waals surface area contributed by atoms with E-state index in [0.29, 0.717) is 29.9 Å². The predicted molar refractivity (Wildman–Crippen MR) is 63.2 cm³/mol. The number of aromatic nitrogens is 2. The minimum absolute atomic E-state index is 0.336. The van der Waals surface area contributed by atoms with E-state index in [0.717, 1.165) is 31.5 Å². The summed E-state index contributed by atoms with van der Waals surface area (Å²) < 4.78 is 5.52. The summed E-state index contributed by atoms with van der Waals surface area (Å²) in [5, 5.41) is 0. The number of hydrogen-bond donors (Lipinski definition) is 2. The lowest BCUT2D eigenvalue weighted by Crippen LogP contribution is -2.09. The molecule has 1 aliphatic carbocycles. The molecule has 2 rings (SSSR count). The van der Waals surface area contributed by atoms with E-state index in [1.165, 1.54) is 0 Å². The van der Waals surface area contributed by atoms with Gasteiger partial charge in [-0.25, -0.2) is 4.98 Å². The summed E-state index contributed by atoms with van der Waals surface area (Å²) in [4.78, 5) is 8.51. The molecule has 0 radical (unpaired) electrons. The van der Waals surface area contributed by atoms with Crippen LogP contribution < -0.4 is 16.2 Å². The van der Waals surface area contributed by atoms with Gasteiger partial charge in [0, 0.05) is 5.92 Å². The van der Waals surface area contributed by atoms with Crippen LogP contribution in [0.5, 0.6) is 5.88 Å². The van der Waals surface area contributed by atoms with Gasteiger partial charge in [-0.3, -0.25) is 0 Å². The molecule has 1 aromatic rings. The summed E-state index contributed by atoms with van der Waals surface area (Å²) in [5.74, 6) is 2.01. The second-order valence-corrected chi connectivity index (χ2v) is 4.16. The number of anilines is 2. The number of nitrogens with zero attached hydrogens (tertiary/aromatic N) is 2.